The van der Waals surface area contributed by atoms with Crippen molar-refractivity contribution in [2.24, 2.45) is 7.05 Å². The first-order chi connectivity index (χ1) is 10.6. The summed E-state index contributed by atoms with van der Waals surface area (Å²) in [4.78, 5) is 15.8. The van der Waals surface area contributed by atoms with Crippen molar-refractivity contribution >= 4 is 17.3 Å². The fraction of sp³-hybridized carbons (Fsp3) is 0.267. The second-order valence-electron chi connectivity index (χ2n) is 5.11. The molecule has 0 N–H and O–H groups in total. The van der Waals surface area contributed by atoms with Crippen molar-refractivity contribution < 1.29 is 9.18 Å². The summed E-state index contributed by atoms with van der Waals surface area (Å²) in [5.41, 5.74) is 1.58. The molecule has 6 nitrogen and oxygen atoms in total. The van der Waals surface area contributed by atoms with E-state index in [9.17, 15) is 9.18 Å². The van der Waals surface area contributed by atoms with E-state index in [1.807, 2.05) is 6.07 Å². The van der Waals surface area contributed by atoms with E-state index in [4.69, 9.17) is 5.26 Å². The maximum absolute atomic E-state index is 13.2. The molecule has 0 spiro atoms. The lowest BCUT2D eigenvalue weighted by molar-refractivity contribution is -0.117. The Morgan fingerprint density at radius 2 is 2.18 bits per heavy atom. The van der Waals surface area contributed by atoms with Crippen molar-refractivity contribution in [1.29, 1.82) is 5.26 Å². The van der Waals surface area contributed by atoms with Crippen LogP contribution < -0.4 is 9.80 Å². The topological polar surface area (TPSA) is 65.2 Å². The first-order valence-electron chi connectivity index (χ1n) is 6.82. The average Bonchev–Trinajstić information content (AvgIpc) is 2.93. The van der Waals surface area contributed by atoms with Gasteiger partial charge in [-0.1, -0.05) is 0 Å². The number of anilines is 2. The lowest BCUT2D eigenvalue weighted by Gasteiger charge is -2.35. The second kappa shape index (κ2) is 5.48. The number of rotatable bonds is 2. The predicted molar refractivity (Wildman–Crippen MR) is 78.9 cm³/mol. The Hall–Kier alpha value is -2.88. The van der Waals surface area contributed by atoms with Gasteiger partial charge in [-0.05, 0) is 18.2 Å². The lowest BCUT2D eigenvalue weighted by Crippen LogP contribution is -2.50. The Morgan fingerprint density at radius 1 is 1.36 bits per heavy atom. The van der Waals surface area contributed by atoms with Gasteiger partial charge in [0.2, 0.25) is 5.91 Å². The third-order valence-corrected chi connectivity index (χ3v) is 3.64. The first-order valence-corrected chi connectivity index (χ1v) is 6.82. The van der Waals surface area contributed by atoms with Gasteiger partial charge in [-0.15, -0.1) is 0 Å². The predicted octanol–water partition coefficient (Wildman–Crippen LogP) is 1.28. The minimum atomic E-state index is -0.458. The van der Waals surface area contributed by atoms with Gasteiger partial charge in [-0.25, -0.2) is 4.39 Å². The van der Waals surface area contributed by atoms with Crippen LogP contribution in [0.3, 0.4) is 0 Å². The van der Waals surface area contributed by atoms with Crippen molar-refractivity contribution in [2.45, 2.75) is 0 Å². The monoisotopic (exact) mass is 299 g/mol. The molecule has 0 aliphatic carbocycles. The van der Waals surface area contributed by atoms with E-state index in [2.05, 4.69) is 5.10 Å². The molecule has 0 radical (unpaired) electrons. The SMILES string of the molecule is Cn1cc(N2CCN(c3ccc(F)cc3C#N)CC2=O)cn1. The number of aryl methyl sites for hydroxylation is 1. The zero-order valence-corrected chi connectivity index (χ0v) is 12.0. The van der Waals surface area contributed by atoms with Gasteiger partial charge in [0.1, 0.15) is 11.9 Å². The fourth-order valence-electron chi connectivity index (χ4n) is 2.57. The van der Waals surface area contributed by atoms with E-state index in [-0.39, 0.29) is 18.0 Å². The van der Waals surface area contributed by atoms with E-state index in [0.29, 0.717) is 18.8 Å². The molecule has 1 aliphatic heterocycles. The molecule has 0 unspecified atom stereocenters. The van der Waals surface area contributed by atoms with Gasteiger partial charge in [-0.3, -0.25) is 9.48 Å². The third kappa shape index (κ3) is 2.51. The molecule has 112 valence electrons. The summed E-state index contributed by atoms with van der Waals surface area (Å²) in [6.07, 6.45) is 3.43. The molecular weight excluding hydrogens is 285 g/mol. The lowest BCUT2D eigenvalue weighted by atomic mass is 10.1. The molecule has 22 heavy (non-hydrogen) atoms. The van der Waals surface area contributed by atoms with Gasteiger partial charge in [0.05, 0.1) is 29.7 Å². The van der Waals surface area contributed by atoms with Crippen LogP contribution in [0.15, 0.2) is 30.6 Å². The summed E-state index contributed by atoms with van der Waals surface area (Å²) in [6.45, 7) is 1.21. The number of amides is 1. The van der Waals surface area contributed by atoms with Crippen LogP contribution in [0.25, 0.3) is 0 Å². The van der Waals surface area contributed by atoms with Crippen LogP contribution in [-0.4, -0.2) is 35.3 Å². The minimum absolute atomic E-state index is 0.0764. The van der Waals surface area contributed by atoms with Crippen LogP contribution in [0.4, 0.5) is 15.8 Å². The number of nitrogens with zero attached hydrogens (tertiary/aromatic N) is 5. The number of carbonyl (C=O) groups excluding carboxylic acids is 1. The van der Waals surface area contributed by atoms with Gasteiger partial charge in [-0.2, -0.15) is 10.4 Å². The number of aromatic nitrogens is 2. The molecular formula is C15H14FN5O. The third-order valence-electron chi connectivity index (χ3n) is 3.64. The minimum Gasteiger partial charge on any atom is -0.359 e. The summed E-state index contributed by atoms with van der Waals surface area (Å²) in [6, 6.07) is 6.00. The Kier molecular flexibility index (Phi) is 3.51. The number of hydrogen-bond donors (Lipinski definition) is 0. The number of halogens is 1. The molecule has 1 amide bonds. The van der Waals surface area contributed by atoms with Crippen LogP contribution in [-0.2, 0) is 11.8 Å². The quantitative estimate of drug-likeness (QED) is 0.838. The molecule has 2 heterocycles. The van der Waals surface area contributed by atoms with Gasteiger partial charge < -0.3 is 9.80 Å². The van der Waals surface area contributed by atoms with Gasteiger partial charge in [0.25, 0.3) is 0 Å². The summed E-state index contributed by atoms with van der Waals surface area (Å²) >= 11 is 0. The van der Waals surface area contributed by atoms with Crippen molar-refractivity contribution in [3.8, 4) is 6.07 Å². The molecule has 0 saturated carbocycles. The Morgan fingerprint density at radius 3 is 2.82 bits per heavy atom. The summed E-state index contributed by atoms with van der Waals surface area (Å²) in [5, 5.41) is 13.2. The molecule has 1 aliphatic rings. The highest BCUT2D eigenvalue weighted by Gasteiger charge is 2.27. The van der Waals surface area contributed by atoms with Crippen molar-refractivity contribution in [2.75, 3.05) is 29.4 Å². The van der Waals surface area contributed by atoms with Crippen LogP contribution in [0.5, 0.6) is 0 Å². The first kappa shape index (κ1) is 14.1. The second-order valence-corrected chi connectivity index (χ2v) is 5.11. The van der Waals surface area contributed by atoms with E-state index in [0.717, 1.165) is 5.69 Å². The molecule has 1 fully saturated rings. The largest absolute Gasteiger partial charge is 0.359 e. The number of carbonyl (C=O) groups is 1. The highest BCUT2D eigenvalue weighted by molar-refractivity contribution is 5.97. The summed E-state index contributed by atoms with van der Waals surface area (Å²) in [5.74, 6) is -0.534. The van der Waals surface area contributed by atoms with E-state index < -0.39 is 5.82 Å². The highest BCUT2D eigenvalue weighted by atomic mass is 19.1. The van der Waals surface area contributed by atoms with E-state index in [1.165, 1.54) is 12.1 Å². The molecule has 0 atom stereocenters. The fourth-order valence-corrected chi connectivity index (χ4v) is 2.57. The molecule has 7 heteroatoms. The molecule has 3 rings (SSSR count). The Balaban J connectivity index is 1.81. The zero-order valence-electron chi connectivity index (χ0n) is 12.0. The van der Waals surface area contributed by atoms with E-state index in [1.54, 1.807) is 40.0 Å². The van der Waals surface area contributed by atoms with Crippen LogP contribution in [0, 0.1) is 17.1 Å². The maximum atomic E-state index is 13.2. The van der Waals surface area contributed by atoms with Crippen molar-refractivity contribution in [3.63, 3.8) is 0 Å². The van der Waals surface area contributed by atoms with Crippen LogP contribution >= 0.6 is 0 Å². The maximum Gasteiger partial charge on any atom is 0.246 e. The summed E-state index contributed by atoms with van der Waals surface area (Å²) in [7, 11) is 1.79. The standard InChI is InChI=1S/C15H14FN5O/c1-19-9-13(8-18-19)21-5-4-20(10-15(21)22)14-3-2-12(16)6-11(14)7-17/h2-3,6,8-9H,4-5,10H2,1H3. The number of piperazine rings is 1. The summed E-state index contributed by atoms with van der Waals surface area (Å²) < 4.78 is 14.9. The molecule has 1 aromatic carbocycles. The van der Waals surface area contributed by atoms with Crippen molar-refractivity contribution in [3.05, 3.63) is 42.0 Å². The average molecular weight is 299 g/mol. The van der Waals surface area contributed by atoms with Crippen LogP contribution in [0.1, 0.15) is 5.56 Å². The van der Waals surface area contributed by atoms with Crippen molar-refractivity contribution in [1.82, 2.24) is 9.78 Å². The normalized spacial score (nSPS) is 15.0. The zero-order chi connectivity index (χ0) is 15.7. The smallest absolute Gasteiger partial charge is 0.246 e. The Labute approximate surface area is 127 Å². The number of nitriles is 1. The molecule has 2 aromatic rings. The number of benzene rings is 1. The molecule has 0 bridgehead atoms. The van der Waals surface area contributed by atoms with E-state index >= 15 is 0 Å². The molecule has 1 aromatic heterocycles. The van der Waals surface area contributed by atoms with Gasteiger partial charge in [0.15, 0.2) is 0 Å². The van der Waals surface area contributed by atoms with Crippen LogP contribution in [0.2, 0.25) is 0 Å². The Bertz CT molecular complexity index is 764. The highest BCUT2D eigenvalue weighted by Crippen LogP contribution is 2.24. The van der Waals surface area contributed by atoms with Gasteiger partial charge in [0, 0.05) is 26.3 Å². The van der Waals surface area contributed by atoms with Gasteiger partial charge >= 0.3 is 0 Å². The number of hydrogen-bond acceptors (Lipinski definition) is 4. The molecule has 1 saturated heterocycles.